The van der Waals surface area contributed by atoms with Crippen molar-refractivity contribution in [2.24, 2.45) is 0 Å². The molecule has 0 aliphatic carbocycles. The predicted octanol–water partition coefficient (Wildman–Crippen LogP) is 1.97. The average Bonchev–Trinajstić information content (AvgIpc) is 2.34. The first-order chi connectivity index (χ1) is 9.30. The number of rotatable bonds is 3. The monoisotopic (exact) mass is 362 g/mol. The number of hydrogen-bond donors (Lipinski definition) is 0. The van der Waals surface area contributed by atoms with Crippen molar-refractivity contribution in [2.75, 3.05) is 18.1 Å². The molecular weight excluding hydrogens is 348 g/mol. The van der Waals surface area contributed by atoms with Gasteiger partial charge in [0, 0.05) is 17.6 Å². The number of methoxy groups -OCH3 is 1. The van der Waals surface area contributed by atoms with Gasteiger partial charge in [-0.25, -0.2) is 8.61 Å². The van der Waals surface area contributed by atoms with E-state index in [1.54, 1.807) is 32.0 Å². The molecule has 2 rings (SSSR count). The summed E-state index contributed by atoms with van der Waals surface area (Å²) in [6.45, 7) is 3.17. The molecule has 1 heterocycles. The molecule has 0 aromatic heterocycles. The Morgan fingerprint density at radius 3 is 2.55 bits per heavy atom. The van der Waals surface area contributed by atoms with Gasteiger partial charge in [0.15, 0.2) is 0 Å². The third-order valence-electron chi connectivity index (χ3n) is 2.90. The summed E-state index contributed by atoms with van der Waals surface area (Å²) in [6, 6.07) is 4.42. The van der Waals surface area contributed by atoms with Crippen molar-refractivity contribution in [1.29, 1.82) is 0 Å². The largest absolute Gasteiger partial charge is 0.363 e. The Morgan fingerprint density at radius 1 is 1.35 bits per heavy atom. The minimum atomic E-state index is -3.92. The normalized spacial score (nSPS) is 17.6. The highest BCUT2D eigenvalue weighted by Crippen LogP contribution is 2.34. The molecule has 8 heteroatoms. The van der Waals surface area contributed by atoms with Gasteiger partial charge in [-0.2, -0.15) is 8.42 Å². The van der Waals surface area contributed by atoms with Gasteiger partial charge >= 0.3 is 10.2 Å². The molecule has 0 atom stereocenters. The van der Waals surface area contributed by atoms with Gasteiger partial charge in [0.1, 0.15) is 6.73 Å². The highest BCUT2D eigenvalue weighted by atomic mass is 79.9. The number of anilines is 1. The maximum absolute atomic E-state index is 12.5. The molecule has 1 amide bonds. The molecule has 6 nitrogen and oxygen atoms in total. The molecule has 20 heavy (non-hydrogen) atoms. The molecule has 0 saturated carbocycles. The van der Waals surface area contributed by atoms with Gasteiger partial charge < -0.3 is 4.74 Å². The van der Waals surface area contributed by atoms with Crippen molar-refractivity contribution in [3.63, 3.8) is 0 Å². The standard InChI is InChI=1S/C12H15BrN2O4S/c1-8(2)15-12(16)10-6-9(13)4-5-11(10)14(7-19-3)20(15,17)18/h4-6,8H,7H2,1-3H3. The van der Waals surface area contributed by atoms with Crippen LogP contribution in [0.3, 0.4) is 0 Å². The lowest BCUT2D eigenvalue weighted by Gasteiger charge is -2.38. The van der Waals surface area contributed by atoms with Gasteiger partial charge in [0.2, 0.25) is 0 Å². The van der Waals surface area contributed by atoms with Crippen LogP contribution in [0.2, 0.25) is 0 Å². The fourth-order valence-corrected chi connectivity index (χ4v) is 4.17. The van der Waals surface area contributed by atoms with Gasteiger partial charge in [-0.1, -0.05) is 15.9 Å². The third kappa shape index (κ3) is 2.32. The lowest BCUT2D eigenvalue weighted by Crippen LogP contribution is -2.54. The third-order valence-corrected chi connectivity index (χ3v) is 5.34. The lowest BCUT2D eigenvalue weighted by molar-refractivity contribution is 0.0828. The fraction of sp³-hybridized carbons (Fsp3) is 0.417. The van der Waals surface area contributed by atoms with Crippen LogP contribution >= 0.6 is 15.9 Å². The van der Waals surface area contributed by atoms with E-state index in [0.29, 0.717) is 15.7 Å². The summed E-state index contributed by atoms with van der Waals surface area (Å²) in [5, 5.41) is 0. The van der Waals surface area contributed by atoms with Crippen LogP contribution in [0, 0.1) is 0 Å². The van der Waals surface area contributed by atoms with Gasteiger partial charge in [-0.05, 0) is 32.0 Å². The van der Waals surface area contributed by atoms with Crippen molar-refractivity contribution >= 4 is 37.7 Å². The molecule has 0 fully saturated rings. The van der Waals surface area contributed by atoms with E-state index in [4.69, 9.17) is 4.74 Å². The zero-order valence-electron chi connectivity index (χ0n) is 11.3. The quantitative estimate of drug-likeness (QED) is 0.824. The van der Waals surface area contributed by atoms with Crippen molar-refractivity contribution < 1.29 is 17.9 Å². The van der Waals surface area contributed by atoms with E-state index >= 15 is 0 Å². The minimum absolute atomic E-state index is 0.145. The van der Waals surface area contributed by atoms with Gasteiger partial charge in [0.25, 0.3) is 5.91 Å². The van der Waals surface area contributed by atoms with Crippen LogP contribution in [0.4, 0.5) is 5.69 Å². The Kier molecular flexibility index (Phi) is 4.08. The van der Waals surface area contributed by atoms with Crippen LogP contribution in [0.25, 0.3) is 0 Å². The highest BCUT2D eigenvalue weighted by molar-refractivity contribution is 9.10. The van der Waals surface area contributed by atoms with Gasteiger partial charge in [0.05, 0.1) is 11.3 Å². The van der Waals surface area contributed by atoms with Crippen LogP contribution in [0.5, 0.6) is 0 Å². The summed E-state index contributed by atoms with van der Waals surface area (Å²) < 4.78 is 32.7. The van der Waals surface area contributed by atoms with Crippen molar-refractivity contribution in [2.45, 2.75) is 19.9 Å². The summed E-state index contributed by atoms with van der Waals surface area (Å²) in [7, 11) is -2.52. The molecule has 0 radical (unpaired) electrons. The fourth-order valence-electron chi connectivity index (χ4n) is 2.11. The molecule has 110 valence electrons. The molecule has 1 aromatic carbocycles. The molecule has 0 spiro atoms. The number of ether oxygens (including phenoxy) is 1. The van der Waals surface area contributed by atoms with E-state index < -0.39 is 22.2 Å². The molecule has 0 unspecified atom stereocenters. The number of nitrogens with zero attached hydrogens (tertiary/aromatic N) is 2. The maximum Gasteiger partial charge on any atom is 0.331 e. The van der Waals surface area contributed by atoms with E-state index in [2.05, 4.69) is 15.9 Å². The molecular formula is C12H15BrN2O4S. The van der Waals surface area contributed by atoms with E-state index in [1.165, 1.54) is 7.11 Å². The summed E-state index contributed by atoms with van der Waals surface area (Å²) in [6.07, 6.45) is 0. The maximum atomic E-state index is 12.5. The SMILES string of the molecule is COCN1c2ccc(Br)cc2C(=O)N(C(C)C)S1(=O)=O. The predicted molar refractivity (Wildman–Crippen MR) is 78.7 cm³/mol. The summed E-state index contributed by atoms with van der Waals surface area (Å²) in [5.41, 5.74) is 0.664. The Morgan fingerprint density at radius 2 is 2.00 bits per heavy atom. The first kappa shape index (κ1) is 15.3. The van der Waals surface area contributed by atoms with Crippen LogP contribution in [-0.2, 0) is 14.9 Å². The van der Waals surface area contributed by atoms with Crippen molar-refractivity contribution in [3.05, 3.63) is 28.2 Å². The second kappa shape index (κ2) is 5.34. The van der Waals surface area contributed by atoms with Crippen molar-refractivity contribution in [3.8, 4) is 0 Å². The zero-order chi connectivity index (χ0) is 15.1. The topological polar surface area (TPSA) is 66.9 Å². The number of fused-ring (bicyclic) bond motifs is 1. The number of halogens is 1. The van der Waals surface area contributed by atoms with Crippen LogP contribution < -0.4 is 4.31 Å². The first-order valence-corrected chi connectivity index (χ1v) is 8.14. The lowest BCUT2D eigenvalue weighted by atomic mass is 10.1. The Hall–Kier alpha value is -1.12. The number of carbonyl (C=O) groups is 1. The first-order valence-electron chi connectivity index (χ1n) is 5.95. The highest BCUT2D eigenvalue weighted by Gasteiger charge is 2.43. The van der Waals surface area contributed by atoms with Gasteiger partial charge in [-0.3, -0.25) is 4.79 Å². The Balaban J connectivity index is 2.70. The van der Waals surface area contributed by atoms with E-state index in [9.17, 15) is 13.2 Å². The molecule has 1 aliphatic rings. The Labute approximate surface area is 126 Å². The number of amides is 1. The van der Waals surface area contributed by atoms with E-state index in [0.717, 1.165) is 8.61 Å². The van der Waals surface area contributed by atoms with E-state index in [-0.39, 0.29) is 6.73 Å². The van der Waals surface area contributed by atoms with Crippen molar-refractivity contribution in [1.82, 2.24) is 4.31 Å². The second-order valence-electron chi connectivity index (χ2n) is 4.63. The van der Waals surface area contributed by atoms with E-state index in [1.807, 2.05) is 0 Å². The Bertz CT molecular complexity index is 645. The molecule has 1 aliphatic heterocycles. The molecule has 0 bridgehead atoms. The summed E-state index contributed by atoms with van der Waals surface area (Å²) >= 11 is 3.29. The van der Waals surface area contributed by atoms with Crippen LogP contribution in [0.15, 0.2) is 22.7 Å². The molecule has 0 saturated heterocycles. The van der Waals surface area contributed by atoms with Crippen LogP contribution in [0.1, 0.15) is 24.2 Å². The summed E-state index contributed by atoms with van der Waals surface area (Å²) in [4.78, 5) is 12.4. The average molecular weight is 363 g/mol. The zero-order valence-corrected chi connectivity index (χ0v) is 13.7. The number of carbonyl (C=O) groups excluding carboxylic acids is 1. The number of hydrogen-bond acceptors (Lipinski definition) is 4. The van der Waals surface area contributed by atoms with Crippen LogP contribution in [-0.4, -0.2) is 38.5 Å². The molecule has 1 aromatic rings. The number of benzene rings is 1. The summed E-state index contributed by atoms with van der Waals surface area (Å²) in [5.74, 6) is -0.524. The molecule has 0 N–H and O–H groups in total. The smallest absolute Gasteiger partial charge is 0.331 e. The second-order valence-corrected chi connectivity index (χ2v) is 7.28. The van der Waals surface area contributed by atoms with Gasteiger partial charge in [-0.15, -0.1) is 0 Å². The minimum Gasteiger partial charge on any atom is -0.363 e.